The van der Waals surface area contributed by atoms with E-state index in [9.17, 15) is 22.8 Å². The molecular formula is C18H16F3NO3. The maximum absolute atomic E-state index is 12.6. The van der Waals surface area contributed by atoms with Crippen molar-refractivity contribution in [2.75, 3.05) is 6.61 Å². The highest BCUT2D eigenvalue weighted by atomic mass is 19.4. The van der Waals surface area contributed by atoms with E-state index in [4.69, 9.17) is 4.74 Å². The number of rotatable bonds is 6. The molecule has 0 bridgehead atoms. The number of nitrogens with one attached hydrogen (secondary N) is 1. The lowest BCUT2D eigenvalue weighted by Crippen LogP contribution is -2.28. The van der Waals surface area contributed by atoms with Gasteiger partial charge in [0.05, 0.1) is 12.0 Å². The molecule has 0 aromatic heterocycles. The molecule has 0 heterocycles. The van der Waals surface area contributed by atoms with Gasteiger partial charge in [0.15, 0.2) is 6.61 Å². The van der Waals surface area contributed by atoms with E-state index >= 15 is 0 Å². The number of carbonyl (C=O) groups excluding carboxylic acids is 2. The van der Waals surface area contributed by atoms with Gasteiger partial charge in [-0.2, -0.15) is 13.2 Å². The molecule has 0 aliphatic carbocycles. The summed E-state index contributed by atoms with van der Waals surface area (Å²) >= 11 is 0. The monoisotopic (exact) mass is 351 g/mol. The van der Waals surface area contributed by atoms with Crippen LogP contribution in [0.5, 0.6) is 0 Å². The molecule has 2 aromatic carbocycles. The highest BCUT2D eigenvalue weighted by Gasteiger charge is 2.30. The van der Waals surface area contributed by atoms with Gasteiger partial charge in [0.2, 0.25) is 0 Å². The molecular weight excluding hydrogens is 335 g/mol. The van der Waals surface area contributed by atoms with Crippen LogP contribution in [0.4, 0.5) is 13.2 Å². The second-order valence-electron chi connectivity index (χ2n) is 5.30. The van der Waals surface area contributed by atoms with Gasteiger partial charge in [0.1, 0.15) is 0 Å². The number of esters is 1. The molecule has 7 heteroatoms. The van der Waals surface area contributed by atoms with Crippen LogP contribution in [-0.2, 0) is 33.5 Å². The Morgan fingerprint density at radius 2 is 1.64 bits per heavy atom. The van der Waals surface area contributed by atoms with Crippen LogP contribution in [0.15, 0.2) is 54.6 Å². The molecule has 2 aromatic rings. The van der Waals surface area contributed by atoms with Gasteiger partial charge in [-0.3, -0.25) is 9.59 Å². The van der Waals surface area contributed by atoms with Crippen LogP contribution in [-0.4, -0.2) is 18.5 Å². The number of ether oxygens (including phenoxy) is 1. The van der Waals surface area contributed by atoms with Crippen LogP contribution >= 0.6 is 0 Å². The molecule has 0 fully saturated rings. The van der Waals surface area contributed by atoms with E-state index < -0.39 is 30.2 Å². The van der Waals surface area contributed by atoms with E-state index in [2.05, 4.69) is 5.32 Å². The van der Waals surface area contributed by atoms with Crippen molar-refractivity contribution >= 4 is 11.9 Å². The first-order chi connectivity index (χ1) is 11.8. The Morgan fingerprint density at radius 3 is 2.32 bits per heavy atom. The second kappa shape index (κ2) is 8.32. The highest BCUT2D eigenvalue weighted by Crippen LogP contribution is 2.29. The minimum absolute atomic E-state index is 0.171. The molecule has 25 heavy (non-hydrogen) atoms. The molecule has 0 saturated carbocycles. The Hall–Kier alpha value is -2.83. The van der Waals surface area contributed by atoms with E-state index in [-0.39, 0.29) is 12.0 Å². The smallest absolute Gasteiger partial charge is 0.416 e. The van der Waals surface area contributed by atoms with Crippen molar-refractivity contribution in [1.82, 2.24) is 5.32 Å². The van der Waals surface area contributed by atoms with Crippen molar-refractivity contribution in [3.05, 3.63) is 71.3 Å². The summed E-state index contributed by atoms with van der Waals surface area (Å²) in [6.45, 7) is -0.185. The summed E-state index contributed by atoms with van der Waals surface area (Å²) in [4.78, 5) is 23.3. The molecule has 0 spiro atoms. The first-order valence-corrected chi connectivity index (χ1v) is 7.47. The summed E-state index contributed by atoms with van der Waals surface area (Å²) in [7, 11) is 0. The van der Waals surface area contributed by atoms with Gasteiger partial charge >= 0.3 is 12.1 Å². The lowest BCUT2D eigenvalue weighted by molar-refractivity contribution is -0.148. The lowest BCUT2D eigenvalue weighted by Gasteiger charge is -2.09. The van der Waals surface area contributed by atoms with Gasteiger partial charge < -0.3 is 10.1 Å². The van der Waals surface area contributed by atoms with Gasteiger partial charge in [-0.1, -0.05) is 48.5 Å². The van der Waals surface area contributed by atoms with Crippen molar-refractivity contribution in [3.8, 4) is 0 Å². The van der Waals surface area contributed by atoms with Crippen LogP contribution in [0.1, 0.15) is 16.7 Å². The zero-order valence-electron chi connectivity index (χ0n) is 13.2. The van der Waals surface area contributed by atoms with Crippen molar-refractivity contribution in [1.29, 1.82) is 0 Å². The van der Waals surface area contributed by atoms with Gasteiger partial charge in [0, 0.05) is 6.54 Å². The molecule has 2 rings (SSSR count). The Kier molecular flexibility index (Phi) is 6.16. The van der Waals surface area contributed by atoms with Crippen LogP contribution in [0.25, 0.3) is 0 Å². The van der Waals surface area contributed by atoms with E-state index in [1.54, 1.807) is 0 Å². The van der Waals surface area contributed by atoms with Crippen LogP contribution in [0, 0.1) is 0 Å². The third kappa shape index (κ3) is 6.29. The molecule has 4 nitrogen and oxygen atoms in total. The number of hydrogen-bond acceptors (Lipinski definition) is 3. The molecule has 0 aliphatic heterocycles. The largest absolute Gasteiger partial charge is 0.455 e. The van der Waals surface area contributed by atoms with Crippen molar-refractivity contribution < 1.29 is 27.5 Å². The van der Waals surface area contributed by atoms with Crippen molar-refractivity contribution in [3.63, 3.8) is 0 Å². The molecule has 0 atom stereocenters. The van der Waals surface area contributed by atoms with Gasteiger partial charge in [-0.25, -0.2) is 0 Å². The third-order valence-corrected chi connectivity index (χ3v) is 3.30. The average Bonchev–Trinajstić information content (AvgIpc) is 2.58. The average molecular weight is 351 g/mol. The van der Waals surface area contributed by atoms with Crippen molar-refractivity contribution in [2.24, 2.45) is 0 Å². The molecule has 0 saturated heterocycles. The Morgan fingerprint density at radius 1 is 0.960 bits per heavy atom. The Bertz CT molecular complexity index is 730. The normalized spacial score (nSPS) is 11.0. The summed E-state index contributed by atoms with van der Waals surface area (Å²) in [5.41, 5.74) is 0.231. The van der Waals surface area contributed by atoms with Crippen molar-refractivity contribution in [2.45, 2.75) is 19.1 Å². The fourth-order valence-electron chi connectivity index (χ4n) is 2.07. The number of benzene rings is 2. The van der Waals surface area contributed by atoms with Crippen LogP contribution in [0.3, 0.4) is 0 Å². The number of halogens is 3. The zero-order chi connectivity index (χ0) is 18.3. The molecule has 0 radical (unpaired) electrons. The summed E-state index contributed by atoms with van der Waals surface area (Å²) in [5.74, 6) is -1.25. The first kappa shape index (κ1) is 18.5. The molecule has 1 N–H and O–H groups in total. The summed E-state index contributed by atoms with van der Waals surface area (Å²) in [6, 6.07) is 13.6. The van der Waals surface area contributed by atoms with Gasteiger partial charge in [-0.15, -0.1) is 0 Å². The van der Waals surface area contributed by atoms with E-state index in [1.165, 1.54) is 12.1 Å². The minimum Gasteiger partial charge on any atom is -0.455 e. The van der Waals surface area contributed by atoms with Crippen LogP contribution < -0.4 is 5.32 Å². The summed E-state index contributed by atoms with van der Waals surface area (Å²) in [6.07, 6.45) is -4.81. The summed E-state index contributed by atoms with van der Waals surface area (Å²) in [5, 5.41) is 2.58. The quantitative estimate of drug-likeness (QED) is 0.814. The summed E-state index contributed by atoms with van der Waals surface area (Å²) < 4.78 is 42.6. The zero-order valence-corrected chi connectivity index (χ0v) is 13.2. The molecule has 132 valence electrons. The minimum atomic E-state index is -4.47. The van der Waals surface area contributed by atoms with E-state index in [1.807, 2.05) is 30.3 Å². The fourth-order valence-corrected chi connectivity index (χ4v) is 2.07. The maximum Gasteiger partial charge on any atom is 0.416 e. The highest BCUT2D eigenvalue weighted by molar-refractivity contribution is 5.81. The predicted molar refractivity (Wildman–Crippen MR) is 84.4 cm³/mol. The number of hydrogen-bond donors (Lipinski definition) is 1. The molecule has 0 aliphatic rings. The number of carbonyl (C=O) groups is 2. The fraction of sp³-hybridized carbons (Fsp3) is 0.222. The standard InChI is InChI=1S/C18H16F3NO3/c19-18(20,21)15-8-4-7-14(9-15)10-17(24)25-12-16(23)22-11-13-5-2-1-3-6-13/h1-9H,10-12H2,(H,22,23). The SMILES string of the molecule is O=C(COC(=O)Cc1cccc(C(F)(F)F)c1)NCc1ccccc1. The number of amides is 1. The van der Waals surface area contributed by atoms with Gasteiger partial charge in [0.25, 0.3) is 5.91 Å². The number of alkyl halides is 3. The first-order valence-electron chi connectivity index (χ1n) is 7.47. The van der Waals surface area contributed by atoms with Crippen LogP contribution in [0.2, 0.25) is 0 Å². The van der Waals surface area contributed by atoms with E-state index in [0.717, 1.165) is 17.7 Å². The molecule has 1 amide bonds. The second-order valence-corrected chi connectivity index (χ2v) is 5.30. The molecule has 0 unspecified atom stereocenters. The predicted octanol–water partition coefficient (Wildman–Crippen LogP) is 3.11. The van der Waals surface area contributed by atoms with Gasteiger partial charge in [-0.05, 0) is 17.2 Å². The lowest BCUT2D eigenvalue weighted by atomic mass is 10.1. The Balaban J connectivity index is 1.78. The van der Waals surface area contributed by atoms with E-state index in [0.29, 0.717) is 6.54 Å². The Labute approximate surface area is 142 Å². The topological polar surface area (TPSA) is 55.4 Å². The third-order valence-electron chi connectivity index (χ3n) is 3.30. The maximum atomic E-state index is 12.6.